The number of nitrogens with one attached hydrogen (secondary N) is 1. The molecule has 0 bridgehead atoms. The molecular weight excluding hydrogens is 270 g/mol. The maximum absolute atomic E-state index is 11.8. The molecule has 1 aromatic carbocycles. The van der Waals surface area contributed by atoms with Crippen LogP contribution in [-0.4, -0.2) is 31.1 Å². The first kappa shape index (κ1) is 15.2. The summed E-state index contributed by atoms with van der Waals surface area (Å²) in [6, 6.07) is 8.92. The van der Waals surface area contributed by atoms with Crippen molar-refractivity contribution in [2.24, 2.45) is 5.10 Å². The molecule has 1 saturated heterocycles. The second-order valence-electron chi connectivity index (χ2n) is 4.89. The van der Waals surface area contributed by atoms with Gasteiger partial charge in [-0.15, -0.1) is 0 Å². The molecule has 1 aliphatic heterocycles. The third-order valence-corrected chi connectivity index (χ3v) is 3.03. The van der Waals surface area contributed by atoms with E-state index in [1.165, 1.54) is 6.21 Å². The Kier molecular flexibility index (Phi) is 5.04. The Morgan fingerprint density at radius 1 is 1.43 bits per heavy atom. The third kappa shape index (κ3) is 4.67. The minimum Gasteiger partial charge on any atom is -0.350 e. The number of hydrogen-bond donors (Lipinski definition) is 1. The van der Waals surface area contributed by atoms with E-state index in [1.54, 1.807) is 31.2 Å². The van der Waals surface area contributed by atoms with E-state index in [0.717, 1.165) is 12.0 Å². The summed E-state index contributed by atoms with van der Waals surface area (Å²) in [4.78, 5) is 11.8. The van der Waals surface area contributed by atoms with E-state index in [2.05, 4.69) is 10.5 Å². The highest BCUT2D eigenvalue weighted by Gasteiger charge is 2.31. The Balaban J connectivity index is 1.82. The van der Waals surface area contributed by atoms with Gasteiger partial charge in [0.25, 0.3) is 0 Å². The largest absolute Gasteiger partial charge is 0.350 e. The molecule has 1 heterocycles. The average Bonchev–Trinajstić information content (AvgIpc) is 2.48. The van der Waals surface area contributed by atoms with Crippen molar-refractivity contribution in [1.82, 2.24) is 5.43 Å². The minimum absolute atomic E-state index is 0.0950. The minimum atomic E-state index is -0.869. The van der Waals surface area contributed by atoms with Crippen molar-refractivity contribution in [1.29, 1.82) is 5.26 Å². The SMILES string of the molecule is CC1(CC(=O)N/N=C\c2ccc(C#N)cc2)OCCCO1. The zero-order valence-electron chi connectivity index (χ0n) is 11.8. The molecule has 110 valence electrons. The average molecular weight is 287 g/mol. The van der Waals surface area contributed by atoms with Gasteiger partial charge in [0.15, 0.2) is 5.79 Å². The molecule has 1 aromatic rings. The summed E-state index contributed by atoms with van der Waals surface area (Å²) in [5.41, 5.74) is 3.81. The van der Waals surface area contributed by atoms with E-state index >= 15 is 0 Å². The maximum Gasteiger partial charge on any atom is 0.245 e. The molecule has 1 fully saturated rings. The van der Waals surface area contributed by atoms with E-state index in [0.29, 0.717) is 18.8 Å². The summed E-state index contributed by atoms with van der Waals surface area (Å²) < 4.78 is 10.9. The summed E-state index contributed by atoms with van der Waals surface area (Å²) in [6.07, 6.45) is 2.45. The molecular formula is C15H17N3O3. The lowest BCUT2D eigenvalue weighted by molar-refractivity contribution is -0.256. The smallest absolute Gasteiger partial charge is 0.245 e. The quantitative estimate of drug-likeness (QED) is 0.672. The van der Waals surface area contributed by atoms with Gasteiger partial charge in [-0.05, 0) is 31.0 Å². The highest BCUT2D eigenvalue weighted by molar-refractivity contribution is 5.82. The van der Waals surface area contributed by atoms with Crippen LogP contribution in [0.4, 0.5) is 0 Å². The topological polar surface area (TPSA) is 83.7 Å². The van der Waals surface area contributed by atoms with Crippen LogP contribution >= 0.6 is 0 Å². The Morgan fingerprint density at radius 2 is 2.10 bits per heavy atom. The normalized spacial score (nSPS) is 17.3. The number of amides is 1. The Labute approximate surface area is 123 Å². The van der Waals surface area contributed by atoms with Crippen LogP contribution in [0.15, 0.2) is 29.4 Å². The van der Waals surface area contributed by atoms with Crippen LogP contribution in [-0.2, 0) is 14.3 Å². The van der Waals surface area contributed by atoms with Crippen molar-refractivity contribution in [3.63, 3.8) is 0 Å². The van der Waals surface area contributed by atoms with Crippen LogP contribution in [0, 0.1) is 11.3 Å². The summed E-state index contributed by atoms with van der Waals surface area (Å²) in [5, 5.41) is 12.6. The number of nitriles is 1. The van der Waals surface area contributed by atoms with Crippen molar-refractivity contribution in [3.05, 3.63) is 35.4 Å². The molecule has 1 aliphatic rings. The van der Waals surface area contributed by atoms with Crippen LogP contribution in [0.25, 0.3) is 0 Å². The first-order valence-corrected chi connectivity index (χ1v) is 6.71. The Bertz CT molecular complexity index is 555. The predicted octanol–water partition coefficient (Wildman–Crippen LogP) is 1.55. The number of carbonyl (C=O) groups is 1. The first-order chi connectivity index (χ1) is 10.1. The number of hydrazone groups is 1. The predicted molar refractivity (Wildman–Crippen MR) is 76.4 cm³/mol. The molecule has 0 aliphatic carbocycles. The van der Waals surface area contributed by atoms with Gasteiger partial charge in [0, 0.05) is 0 Å². The van der Waals surface area contributed by atoms with Crippen LogP contribution in [0.5, 0.6) is 0 Å². The molecule has 0 atom stereocenters. The van der Waals surface area contributed by atoms with E-state index in [-0.39, 0.29) is 12.3 Å². The van der Waals surface area contributed by atoms with Gasteiger partial charge in [0.05, 0.1) is 37.5 Å². The van der Waals surface area contributed by atoms with Crippen molar-refractivity contribution >= 4 is 12.1 Å². The molecule has 6 heteroatoms. The fourth-order valence-corrected chi connectivity index (χ4v) is 1.93. The number of ether oxygens (including phenoxy) is 2. The lowest BCUT2D eigenvalue weighted by atomic mass is 10.2. The maximum atomic E-state index is 11.8. The van der Waals surface area contributed by atoms with Gasteiger partial charge in [0.1, 0.15) is 0 Å². The molecule has 6 nitrogen and oxygen atoms in total. The lowest BCUT2D eigenvalue weighted by Gasteiger charge is -2.33. The number of hydrogen-bond acceptors (Lipinski definition) is 5. The molecule has 0 unspecified atom stereocenters. The van der Waals surface area contributed by atoms with Crippen molar-refractivity contribution in [2.75, 3.05) is 13.2 Å². The zero-order valence-corrected chi connectivity index (χ0v) is 11.8. The Hall–Kier alpha value is -2.23. The number of rotatable bonds is 4. The summed E-state index contributed by atoms with van der Waals surface area (Å²) in [7, 11) is 0. The van der Waals surface area contributed by atoms with Gasteiger partial charge in [-0.25, -0.2) is 5.43 Å². The number of benzene rings is 1. The molecule has 0 radical (unpaired) electrons. The summed E-state index contributed by atoms with van der Waals surface area (Å²) >= 11 is 0. The van der Waals surface area contributed by atoms with E-state index in [4.69, 9.17) is 14.7 Å². The molecule has 2 rings (SSSR count). The molecule has 0 saturated carbocycles. The van der Waals surface area contributed by atoms with Crippen LogP contribution in [0.2, 0.25) is 0 Å². The highest BCUT2D eigenvalue weighted by Crippen LogP contribution is 2.21. The monoisotopic (exact) mass is 287 g/mol. The number of carbonyl (C=O) groups excluding carboxylic acids is 1. The zero-order chi connectivity index (χ0) is 15.1. The van der Waals surface area contributed by atoms with Gasteiger partial charge >= 0.3 is 0 Å². The van der Waals surface area contributed by atoms with E-state index in [1.807, 2.05) is 6.07 Å². The van der Waals surface area contributed by atoms with E-state index < -0.39 is 5.79 Å². The van der Waals surface area contributed by atoms with Crippen LogP contribution in [0.1, 0.15) is 30.9 Å². The van der Waals surface area contributed by atoms with Gasteiger partial charge in [0.2, 0.25) is 5.91 Å². The fourth-order valence-electron chi connectivity index (χ4n) is 1.93. The number of nitrogens with zero attached hydrogens (tertiary/aromatic N) is 2. The lowest BCUT2D eigenvalue weighted by Crippen LogP contribution is -2.41. The van der Waals surface area contributed by atoms with Gasteiger partial charge in [-0.1, -0.05) is 12.1 Å². The molecule has 0 aromatic heterocycles. The standard InChI is InChI=1S/C15H17N3O3/c1-15(20-7-2-8-21-15)9-14(19)18-17-11-13-5-3-12(10-16)4-6-13/h3-6,11H,2,7-9H2,1H3,(H,18,19)/b17-11-. The summed E-state index contributed by atoms with van der Waals surface area (Å²) in [6.45, 7) is 2.94. The third-order valence-electron chi connectivity index (χ3n) is 3.03. The second-order valence-corrected chi connectivity index (χ2v) is 4.89. The first-order valence-electron chi connectivity index (χ1n) is 6.71. The molecule has 0 spiro atoms. The second kappa shape index (κ2) is 6.97. The van der Waals surface area contributed by atoms with Gasteiger partial charge < -0.3 is 9.47 Å². The molecule has 1 N–H and O–H groups in total. The molecule has 1 amide bonds. The molecule has 21 heavy (non-hydrogen) atoms. The van der Waals surface area contributed by atoms with Crippen molar-refractivity contribution in [3.8, 4) is 6.07 Å². The van der Waals surface area contributed by atoms with E-state index in [9.17, 15) is 4.79 Å². The van der Waals surface area contributed by atoms with Crippen molar-refractivity contribution < 1.29 is 14.3 Å². The highest BCUT2D eigenvalue weighted by atomic mass is 16.7. The van der Waals surface area contributed by atoms with Gasteiger partial charge in [-0.2, -0.15) is 10.4 Å². The van der Waals surface area contributed by atoms with Gasteiger partial charge in [-0.3, -0.25) is 4.79 Å². The van der Waals surface area contributed by atoms with Crippen molar-refractivity contribution in [2.45, 2.75) is 25.6 Å². The summed E-state index contributed by atoms with van der Waals surface area (Å²) in [5.74, 6) is -1.14. The van der Waals surface area contributed by atoms with Crippen LogP contribution in [0.3, 0.4) is 0 Å². The Morgan fingerprint density at radius 3 is 2.71 bits per heavy atom. The van der Waals surface area contributed by atoms with Crippen LogP contribution < -0.4 is 5.43 Å². The fraction of sp³-hybridized carbons (Fsp3) is 0.400.